The molecule has 0 atom stereocenters. The van der Waals surface area contributed by atoms with Gasteiger partial charge in [0.1, 0.15) is 17.2 Å². The summed E-state index contributed by atoms with van der Waals surface area (Å²) in [7, 11) is 0. The Morgan fingerprint density at radius 2 is 1.89 bits per heavy atom. The highest BCUT2D eigenvalue weighted by Gasteiger charge is 2.39. The molecule has 3 nitrogen and oxygen atoms in total. The van der Waals surface area contributed by atoms with Crippen LogP contribution in [0.25, 0.3) is 0 Å². The highest BCUT2D eigenvalue weighted by atomic mass is 19.1. The van der Waals surface area contributed by atoms with Gasteiger partial charge < -0.3 is 5.32 Å². The van der Waals surface area contributed by atoms with Gasteiger partial charge >= 0.3 is 0 Å². The van der Waals surface area contributed by atoms with Crippen molar-refractivity contribution in [3.8, 4) is 0 Å². The monoisotopic (exact) mass is 260 g/mol. The number of nitrogens with zero attached hydrogens (tertiary/aromatic N) is 1. The predicted molar refractivity (Wildman–Crippen MR) is 71.5 cm³/mol. The van der Waals surface area contributed by atoms with Crippen LogP contribution in [0.3, 0.4) is 0 Å². The Kier molecular flexibility index (Phi) is 3.09. The van der Waals surface area contributed by atoms with Crippen molar-refractivity contribution in [2.75, 3.05) is 0 Å². The third kappa shape index (κ3) is 2.39. The Balaban J connectivity index is 1.94. The van der Waals surface area contributed by atoms with Gasteiger partial charge in [0.05, 0.1) is 0 Å². The first-order chi connectivity index (χ1) is 9.19. The van der Waals surface area contributed by atoms with Crippen molar-refractivity contribution in [2.24, 2.45) is 4.99 Å². The van der Waals surface area contributed by atoms with Crippen molar-refractivity contribution >= 4 is 11.6 Å². The summed E-state index contributed by atoms with van der Waals surface area (Å²) in [5, 5.41) is 3.01. The fourth-order valence-electron chi connectivity index (χ4n) is 2.94. The number of halogens is 1. The second-order valence-electron chi connectivity index (χ2n) is 5.37. The fourth-order valence-corrected chi connectivity index (χ4v) is 2.94. The average molecular weight is 260 g/mol. The molecule has 1 heterocycles. The van der Waals surface area contributed by atoms with E-state index in [1.54, 1.807) is 12.1 Å². The summed E-state index contributed by atoms with van der Waals surface area (Å²) in [6.07, 6.45) is 6.33. The lowest BCUT2D eigenvalue weighted by Gasteiger charge is -2.24. The molecule has 1 N–H and O–H groups in total. The summed E-state index contributed by atoms with van der Waals surface area (Å²) in [6.45, 7) is 0. The molecule has 100 valence electrons. The van der Waals surface area contributed by atoms with Gasteiger partial charge in [0.25, 0.3) is 5.91 Å². The second-order valence-corrected chi connectivity index (χ2v) is 5.37. The number of hydrogen-bond acceptors (Lipinski definition) is 2. The normalized spacial score (nSPS) is 21.9. The molecule has 1 aliphatic carbocycles. The summed E-state index contributed by atoms with van der Waals surface area (Å²) in [6, 6.07) is 6.09. The molecule has 0 bridgehead atoms. The fraction of sp³-hybridized carbons (Fsp3) is 0.467. The Bertz CT molecular complexity index is 531. The van der Waals surface area contributed by atoms with Crippen molar-refractivity contribution in [2.45, 2.75) is 44.2 Å². The van der Waals surface area contributed by atoms with Crippen LogP contribution in [0.2, 0.25) is 0 Å². The van der Waals surface area contributed by atoms with Gasteiger partial charge in [0.2, 0.25) is 0 Å². The Hall–Kier alpha value is -1.71. The summed E-state index contributed by atoms with van der Waals surface area (Å²) < 4.78 is 13.3. The highest BCUT2D eigenvalue weighted by molar-refractivity contribution is 6.46. The molecule has 0 unspecified atom stereocenters. The highest BCUT2D eigenvalue weighted by Crippen LogP contribution is 2.32. The largest absolute Gasteiger partial charge is 0.326 e. The van der Waals surface area contributed by atoms with Crippen LogP contribution in [0, 0.1) is 5.82 Å². The molecule has 1 aromatic rings. The molecule has 1 aromatic carbocycles. The molecule has 1 aliphatic heterocycles. The summed E-state index contributed by atoms with van der Waals surface area (Å²) >= 11 is 0. The maximum absolute atomic E-state index is 13.3. The SMILES string of the molecule is O=C1NC2(CCCCCC2)N=C1c1cccc(F)c1. The first-order valence-corrected chi connectivity index (χ1v) is 6.87. The minimum Gasteiger partial charge on any atom is -0.326 e. The van der Waals surface area contributed by atoms with E-state index in [1.807, 2.05) is 0 Å². The summed E-state index contributed by atoms with van der Waals surface area (Å²) in [5.74, 6) is -0.512. The third-order valence-electron chi connectivity index (χ3n) is 3.92. The molecule has 1 saturated carbocycles. The van der Waals surface area contributed by atoms with Crippen LogP contribution in [-0.2, 0) is 4.79 Å². The van der Waals surface area contributed by atoms with Gasteiger partial charge in [-0.1, -0.05) is 25.0 Å². The van der Waals surface area contributed by atoms with Crippen LogP contribution in [0.4, 0.5) is 4.39 Å². The molecule has 1 spiro atoms. The molecule has 3 rings (SSSR count). The zero-order valence-corrected chi connectivity index (χ0v) is 10.8. The summed E-state index contributed by atoms with van der Waals surface area (Å²) in [4.78, 5) is 16.7. The number of aliphatic imine (C=N–C) groups is 1. The molecule has 4 heteroatoms. The van der Waals surface area contributed by atoms with Crippen LogP contribution < -0.4 is 5.32 Å². The van der Waals surface area contributed by atoms with Gasteiger partial charge in [-0.25, -0.2) is 4.39 Å². The lowest BCUT2D eigenvalue weighted by atomic mass is 10.0. The van der Waals surface area contributed by atoms with Gasteiger partial charge in [-0.3, -0.25) is 9.79 Å². The number of carbonyl (C=O) groups excluding carboxylic acids is 1. The Labute approximate surface area is 111 Å². The Morgan fingerprint density at radius 1 is 1.16 bits per heavy atom. The minimum absolute atomic E-state index is 0.174. The predicted octanol–water partition coefficient (Wildman–Crippen LogP) is 2.80. The number of carbonyl (C=O) groups is 1. The number of hydrogen-bond donors (Lipinski definition) is 1. The average Bonchev–Trinajstić information content (AvgIpc) is 2.57. The molecule has 2 aliphatic rings. The van der Waals surface area contributed by atoms with Crippen molar-refractivity contribution in [1.82, 2.24) is 5.32 Å². The number of benzene rings is 1. The minimum atomic E-state index is -0.435. The molecule has 0 radical (unpaired) electrons. The standard InChI is InChI=1S/C15H17FN2O/c16-12-7-5-6-11(10-12)13-14(19)18-15(17-13)8-3-1-2-4-9-15/h5-7,10H,1-4,8-9H2,(H,18,19). The maximum atomic E-state index is 13.3. The van der Waals surface area contributed by atoms with Crippen LogP contribution in [0.15, 0.2) is 29.3 Å². The van der Waals surface area contributed by atoms with E-state index in [0.29, 0.717) is 11.3 Å². The molecule has 0 aromatic heterocycles. The maximum Gasteiger partial charge on any atom is 0.272 e. The van der Waals surface area contributed by atoms with E-state index in [4.69, 9.17) is 0 Å². The van der Waals surface area contributed by atoms with E-state index >= 15 is 0 Å². The van der Waals surface area contributed by atoms with Crippen molar-refractivity contribution < 1.29 is 9.18 Å². The lowest BCUT2D eigenvalue weighted by molar-refractivity contribution is -0.115. The van der Waals surface area contributed by atoms with Crippen LogP contribution >= 0.6 is 0 Å². The van der Waals surface area contributed by atoms with Gasteiger partial charge in [-0.2, -0.15) is 0 Å². The third-order valence-corrected chi connectivity index (χ3v) is 3.92. The van der Waals surface area contributed by atoms with E-state index in [2.05, 4.69) is 10.3 Å². The van der Waals surface area contributed by atoms with E-state index in [0.717, 1.165) is 25.7 Å². The van der Waals surface area contributed by atoms with Gasteiger partial charge in [-0.15, -0.1) is 0 Å². The number of nitrogens with one attached hydrogen (secondary N) is 1. The van der Waals surface area contributed by atoms with Crippen LogP contribution in [0.5, 0.6) is 0 Å². The second kappa shape index (κ2) is 4.76. The lowest BCUT2D eigenvalue weighted by Crippen LogP contribution is -2.42. The molecule has 1 fully saturated rings. The molecular formula is C15H17FN2O. The van der Waals surface area contributed by atoms with Crippen molar-refractivity contribution in [3.05, 3.63) is 35.6 Å². The first-order valence-electron chi connectivity index (χ1n) is 6.87. The van der Waals surface area contributed by atoms with Crippen molar-refractivity contribution in [1.29, 1.82) is 0 Å². The van der Waals surface area contributed by atoms with E-state index in [-0.39, 0.29) is 11.7 Å². The molecular weight excluding hydrogens is 243 g/mol. The first kappa shape index (κ1) is 12.3. The molecule has 1 amide bonds. The van der Waals surface area contributed by atoms with Crippen molar-refractivity contribution in [3.63, 3.8) is 0 Å². The van der Waals surface area contributed by atoms with Gasteiger partial charge in [0, 0.05) is 5.56 Å². The van der Waals surface area contributed by atoms with E-state index in [1.165, 1.54) is 25.0 Å². The zero-order valence-electron chi connectivity index (χ0n) is 10.8. The number of amides is 1. The quantitative estimate of drug-likeness (QED) is 0.828. The number of rotatable bonds is 1. The Morgan fingerprint density at radius 3 is 2.58 bits per heavy atom. The van der Waals surface area contributed by atoms with Gasteiger partial charge in [-0.05, 0) is 37.8 Å². The van der Waals surface area contributed by atoms with E-state index in [9.17, 15) is 9.18 Å². The summed E-state index contributed by atoms with van der Waals surface area (Å²) in [5.41, 5.74) is 0.509. The van der Waals surface area contributed by atoms with E-state index < -0.39 is 5.66 Å². The topological polar surface area (TPSA) is 41.5 Å². The zero-order chi connectivity index (χ0) is 13.3. The van der Waals surface area contributed by atoms with Gasteiger partial charge in [0.15, 0.2) is 0 Å². The smallest absolute Gasteiger partial charge is 0.272 e. The van der Waals surface area contributed by atoms with Crippen LogP contribution in [-0.4, -0.2) is 17.3 Å². The molecule has 0 saturated heterocycles. The van der Waals surface area contributed by atoms with Crippen LogP contribution in [0.1, 0.15) is 44.1 Å². The molecule has 19 heavy (non-hydrogen) atoms.